The highest BCUT2D eigenvalue weighted by Gasteiger charge is 2.38. The Hall–Kier alpha value is -3.95. The normalized spacial score (nSPS) is 16.9. The summed E-state index contributed by atoms with van der Waals surface area (Å²) in [5.74, 6) is -1.70. The van der Waals surface area contributed by atoms with Gasteiger partial charge in [-0.1, -0.05) is 42.5 Å². The monoisotopic (exact) mass is 506 g/mol. The molecule has 1 aliphatic heterocycles. The first-order chi connectivity index (χ1) is 17.1. The molecule has 0 saturated carbocycles. The number of halogens is 5. The van der Waals surface area contributed by atoms with Gasteiger partial charge in [0, 0.05) is 6.42 Å². The Morgan fingerprint density at radius 2 is 1.53 bits per heavy atom. The van der Waals surface area contributed by atoms with Crippen LogP contribution in [-0.2, 0) is 11.2 Å². The molecule has 1 aliphatic rings. The third kappa shape index (κ3) is 7.03. The Balaban J connectivity index is 0.000000454. The van der Waals surface area contributed by atoms with Gasteiger partial charge in [0.25, 0.3) is 0 Å². The van der Waals surface area contributed by atoms with Crippen molar-refractivity contribution < 1.29 is 36.6 Å². The number of aliphatic imine (C=N–C) groups is 1. The number of methoxy groups -OCH3 is 1. The smallest absolute Gasteiger partial charge is 0.490 e. The SMILES string of the molecule is COc1ccccc1CCC1=N[C@H](c2cccc(F)c2)[C@H](c2cccc(F)c2)N1.O=C(O)C(F)(F)F. The largest absolute Gasteiger partial charge is 0.496 e. The van der Waals surface area contributed by atoms with Crippen molar-refractivity contribution in [2.75, 3.05) is 7.11 Å². The van der Waals surface area contributed by atoms with Crippen molar-refractivity contribution in [1.82, 2.24) is 5.32 Å². The minimum atomic E-state index is -5.08. The molecule has 2 atom stereocenters. The van der Waals surface area contributed by atoms with Gasteiger partial charge < -0.3 is 15.2 Å². The van der Waals surface area contributed by atoms with Crippen molar-refractivity contribution in [3.8, 4) is 5.75 Å². The van der Waals surface area contributed by atoms with Gasteiger partial charge in [-0.2, -0.15) is 13.2 Å². The summed E-state index contributed by atoms with van der Waals surface area (Å²) in [6.07, 6.45) is -3.65. The summed E-state index contributed by atoms with van der Waals surface area (Å²) in [7, 11) is 1.66. The van der Waals surface area contributed by atoms with Gasteiger partial charge in [0.15, 0.2) is 0 Å². The van der Waals surface area contributed by atoms with E-state index in [1.165, 1.54) is 24.3 Å². The molecular formula is C26H23F5N2O3. The molecular weight excluding hydrogens is 483 g/mol. The van der Waals surface area contributed by atoms with Crippen molar-refractivity contribution in [1.29, 1.82) is 0 Å². The zero-order valence-electron chi connectivity index (χ0n) is 19.1. The summed E-state index contributed by atoms with van der Waals surface area (Å²) < 4.78 is 64.8. The van der Waals surface area contributed by atoms with Gasteiger partial charge in [-0.05, 0) is 53.4 Å². The van der Waals surface area contributed by atoms with E-state index in [9.17, 15) is 22.0 Å². The molecule has 5 nitrogen and oxygen atoms in total. The number of carboxylic acid groups (broad SMARTS) is 1. The molecule has 10 heteroatoms. The van der Waals surface area contributed by atoms with Crippen molar-refractivity contribution in [3.05, 3.63) is 101 Å². The average molecular weight is 506 g/mol. The Bertz CT molecular complexity index is 1230. The van der Waals surface area contributed by atoms with Crippen LogP contribution in [0.25, 0.3) is 0 Å². The molecule has 0 aromatic heterocycles. The molecule has 0 fully saturated rings. The minimum absolute atomic E-state index is 0.250. The summed E-state index contributed by atoms with van der Waals surface area (Å²) >= 11 is 0. The third-order valence-electron chi connectivity index (χ3n) is 5.40. The number of hydrogen-bond donors (Lipinski definition) is 2. The van der Waals surface area contributed by atoms with E-state index in [0.717, 1.165) is 34.7 Å². The van der Waals surface area contributed by atoms with Gasteiger partial charge in [-0.25, -0.2) is 13.6 Å². The number of aryl methyl sites for hydroxylation is 1. The first kappa shape index (κ1) is 26.7. The number of ether oxygens (including phenoxy) is 1. The number of carboxylic acids is 1. The first-order valence-corrected chi connectivity index (χ1v) is 10.8. The Kier molecular flexibility index (Phi) is 8.63. The van der Waals surface area contributed by atoms with Crippen LogP contribution in [-0.4, -0.2) is 30.2 Å². The number of aliphatic carboxylic acids is 1. The van der Waals surface area contributed by atoms with Gasteiger partial charge in [-0.3, -0.25) is 4.99 Å². The Morgan fingerprint density at radius 3 is 2.11 bits per heavy atom. The van der Waals surface area contributed by atoms with Gasteiger partial charge in [0.1, 0.15) is 23.4 Å². The lowest BCUT2D eigenvalue weighted by Crippen LogP contribution is -2.25. The van der Waals surface area contributed by atoms with Crippen LogP contribution in [0.5, 0.6) is 5.75 Å². The number of benzene rings is 3. The molecule has 3 aromatic carbocycles. The second kappa shape index (κ2) is 11.7. The predicted octanol–water partition coefficient (Wildman–Crippen LogP) is 6.02. The number of para-hydroxylation sites is 1. The maximum atomic E-state index is 13.8. The maximum absolute atomic E-state index is 13.8. The molecule has 190 valence electrons. The molecule has 36 heavy (non-hydrogen) atoms. The van der Waals surface area contributed by atoms with E-state index in [2.05, 4.69) is 5.32 Å². The summed E-state index contributed by atoms with van der Waals surface area (Å²) in [5.41, 5.74) is 2.64. The number of rotatable bonds is 6. The molecule has 0 spiro atoms. The van der Waals surface area contributed by atoms with E-state index < -0.39 is 12.1 Å². The van der Waals surface area contributed by atoms with Crippen molar-refractivity contribution >= 4 is 11.8 Å². The van der Waals surface area contributed by atoms with Gasteiger partial charge in [0.2, 0.25) is 0 Å². The quantitative estimate of drug-likeness (QED) is 0.401. The minimum Gasteiger partial charge on any atom is -0.496 e. The third-order valence-corrected chi connectivity index (χ3v) is 5.40. The highest BCUT2D eigenvalue weighted by atomic mass is 19.4. The van der Waals surface area contributed by atoms with Crippen LogP contribution in [0.15, 0.2) is 77.8 Å². The van der Waals surface area contributed by atoms with E-state index in [4.69, 9.17) is 19.6 Å². The highest BCUT2D eigenvalue weighted by molar-refractivity contribution is 5.85. The van der Waals surface area contributed by atoms with Crippen molar-refractivity contribution in [2.24, 2.45) is 4.99 Å². The maximum Gasteiger partial charge on any atom is 0.490 e. The summed E-state index contributed by atoms with van der Waals surface area (Å²) in [6, 6.07) is 20.2. The molecule has 1 heterocycles. The number of carbonyl (C=O) groups is 1. The van der Waals surface area contributed by atoms with Crippen LogP contribution >= 0.6 is 0 Å². The fraction of sp³-hybridized carbons (Fsp3) is 0.231. The van der Waals surface area contributed by atoms with Crippen LogP contribution < -0.4 is 10.1 Å². The van der Waals surface area contributed by atoms with Gasteiger partial charge >= 0.3 is 12.1 Å². The Labute approximate surface area is 204 Å². The zero-order valence-corrected chi connectivity index (χ0v) is 19.1. The first-order valence-electron chi connectivity index (χ1n) is 10.8. The number of nitrogens with one attached hydrogen (secondary N) is 1. The van der Waals surface area contributed by atoms with Crippen molar-refractivity contribution in [3.63, 3.8) is 0 Å². The highest BCUT2D eigenvalue weighted by Crippen LogP contribution is 2.37. The lowest BCUT2D eigenvalue weighted by Gasteiger charge is -2.20. The van der Waals surface area contributed by atoms with Crippen molar-refractivity contribution in [2.45, 2.75) is 31.1 Å². The predicted molar refractivity (Wildman–Crippen MR) is 124 cm³/mol. The summed E-state index contributed by atoms with van der Waals surface area (Å²) in [4.78, 5) is 13.7. The molecule has 4 rings (SSSR count). The molecule has 0 amide bonds. The van der Waals surface area contributed by atoms with Crippen LogP contribution in [0.4, 0.5) is 22.0 Å². The lowest BCUT2D eigenvalue weighted by molar-refractivity contribution is -0.192. The van der Waals surface area contributed by atoms with E-state index in [1.807, 2.05) is 36.4 Å². The van der Waals surface area contributed by atoms with Gasteiger partial charge in [-0.15, -0.1) is 0 Å². The van der Waals surface area contributed by atoms with Crippen LogP contribution in [0, 0.1) is 11.6 Å². The topological polar surface area (TPSA) is 70.9 Å². The van der Waals surface area contributed by atoms with E-state index in [1.54, 1.807) is 19.2 Å². The van der Waals surface area contributed by atoms with Gasteiger partial charge in [0.05, 0.1) is 19.0 Å². The number of amidine groups is 1. The number of nitrogens with zero attached hydrogens (tertiary/aromatic N) is 1. The van der Waals surface area contributed by atoms with E-state index in [-0.39, 0.29) is 23.7 Å². The Morgan fingerprint density at radius 1 is 0.944 bits per heavy atom. The average Bonchev–Trinajstić information content (AvgIpc) is 3.27. The molecule has 0 radical (unpaired) electrons. The van der Waals surface area contributed by atoms with Crippen LogP contribution in [0.2, 0.25) is 0 Å². The molecule has 0 aliphatic carbocycles. The molecule has 0 saturated heterocycles. The fourth-order valence-electron chi connectivity index (χ4n) is 3.76. The molecule has 0 unspecified atom stereocenters. The number of hydrogen-bond acceptors (Lipinski definition) is 4. The summed E-state index contributed by atoms with van der Waals surface area (Å²) in [6.45, 7) is 0. The molecule has 0 bridgehead atoms. The van der Waals surface area contributed by atoms with E-state index >= 15 is 0 Å². The number of alkyl halides is 3. The lowest BCUT2D eigenvalue weighted by atomic mass is 9.95. The molecule has 2 N–H and O–H groups in total. The van der Waals surface area contributed by atoms with Crippen LogP contribution in [0.3, 0.4) is 0 Å². The zero-order chi connectivity index (χ0) is 26.3. The summed E-state index contributed by atoms with van der Waals surface area (Å²) in [5, 5.41) is 10.6. The molecule has 3 aromatic rings. The standard InChI is InChI=1S/C24H22F2N2O.C2HF3O2/c1-29-21-11-3-2-6-16(21)12-13-22-27-23(17-7-4-9-19(25)14-17)24(28-22)18-8-5-10-20(26)15-18;3-2(4,5)1(6)7/h2-11,14-15,23-24H,12-13H2,1H3,(H,27,28);(H,6,7)/t23-,24+;. The fourth-order valence-corrected chi connectivity index (χ4v) is 3.76. The van der Waals surface area contributed by atoms with Crippen LogP contribution in [0.1, 0.15) is 35.2 Å². The second-order valence-corrected chi connectivity index (χ2v) is 7.87. The second-order valence-electron chi connectivity index (χ2n) is 7.87. The van der Waals surface area contributed by atoms with E-state index in [0.29, 0.717) is 6.42 Å².